The summed E-state index contributed by atoms with van der Waals surface area (Å²) in [6, 6.07) is 9.76. The normalized spacial score (nSPS) is 12.8. The van der Waals surface area contributed by atoms with E-state index in [2.05, 4.69) is 18.8 Å². The zero-order valence-electron chi connectivity index (χ0n) is 12.2. The van der Waals surface area contributed by atoms with E-state index >= 15 is 0 Å². The van der Waals surface area contributed by atoms with Gasteiger partial charge in [0, 0.05) is 23.6 Å². The lowest BCUT2D eigenvalue weighted by Crippen LogP contribution is -2.20. The summed E-state index contributed by atoms with van der Waals surface area (Å²) in [5.41, 5.74) is 7.37. The largest absolute Gasteiger partial charge is 0.330 e. The van der Waals surface area contributed by atoms with Crippen molar-refractivity contribution in [1.29, 1.82) is 0 Å². The minimum atomic E-state index is 0.138. The highest BCUT2D eigenvalue weighted by Crippen LogP contribution is 2.19. The van der Waals surface area contributed by atoms with Crippen molar-refractivity contribution in [3.05, 3.63) is 42.1 Å². The lowest BCUT2D eigenvalue weighted by molar-refractivity contribution is 0.0957. The second kappa shape index (κ2) is 6.62. The van der Waals surface area contributed by atoms with Gasteiger partial charge in [-0.1, -0.05) is 32.0 Å². The third kappa shape index (κ3) is 3.64. The number of para-hydroxylation sites is 1. The van der Waals surface area contributed by atoms with Gasteiger partial charge in [-0.05, 0) is 36.9 Å². The van der Waals surface area contributed by atoms with Crippen LogP contribution in [0.1, 0.15) is 37.0 Å². The molecule has 106 valence electrons. The molecule has 0 radical (unpaired) electrons. The second-order valence-corrected chi connectivity index (χ2v) is 5.78. The summed E-state index contributed by atoms with van der Waals surface area (Å²) in [7, 11) is 0. The van der Waals surface area contributed by atoms with Gasteiger partial charge in [0.2, 0.25) is 0 Å². The number of fused-ring (bicyclic) bond motifs is 1. The Hall–Kier alpha value is -1.74. The van der Waals surface area contributed by atoms with Crippen molar-refractivity contribution in [2.24, 2.45) is 17.6 Å². The minimum absolute atomic E-state index is 0.138. The molecular formula is C17H22N2O. The molecule has 0 saturated heterocycles. The molecule has 1 aromatic carbocycles. The maximum Gasteiger partial charge on any atom is 0.164 e. The summed E-state index contributed by atoms with van der Waals surface area (Å²) in [4.78, 5) is 16.7. The summed E-state index contributed by atoms with van der Waals surface area (Å²) in [6.45, 7) is 4.88. The van der Waals surface area contributed by atoms with Crippen molar-refractivity contribution in [3.63, 3.8) is 0 Å². The Bertz CT molecular complexity index is 592. The van der Waals surface area contributed by atoms with E-state index in [9.17, 15) is 4.79 Å². The summed E-state index contributed by atoms with van der Waals surface area (Å²) in [5, 5.41) is 1.01. The molecule has 0 spiro atoms. The molecule has 3 heteroatoms. The molecule has 0 aliphatic carbocycles. The van der Waals surface area contributed by atoms with E-state index in [0.29, 0.717) is 24.4 Å². The Kier molecular flexibility index (Phi) is 4.85. The van der Waals surface area contributed by atoms with Gasteiger partial charge in [-0.25, -0.2) is 0 Å². The zero-order chi connectivity index (χ0) is 14.5. The molecule has 0 fully saturated rings. The van der Waals surface area contributed by atoms with Crippen molar-refractivity contribution >= 4 is 16.7 Å². The van der Waals surface area contributed by atoms with Gasteiger partial charge in [-0.2, -0.15) is 0 Å². The highest BCUT2D eigenvalue weighted by atomic mass is 16.1. The van der Waals surface area contributed by atoms with Crippen LogP contribution in [0.3, 0.4) is 0 Å². The van der Waals surface area contributed by atoms with Gasteiger partial charge in [0.25, 0.3) is 0 Å². The maximum absolute atomic E-state index is 12.3. The van der Waals surface area contributed by atoms with Crippen LogP contribution in [0.2, 0.25) is 0 Å². The molecule has 0 bridgehead atoms. The van der Waals surface area contributed by atoms with Gasteiger partial charge in [-0.15, -0.1) is 0 Å². The Morgan fingerprint density at radius 2 is 2.05 bits per heavy atom. The van der Waals surface area contributed by atoms with Crippen LogP contribution in [0.25, 0.3) is 10.9 Å². The van der Waals surface area contributed by atoms with Crippen LogP contribution in [-0.4, -0.2) is 17.3 Å². The van der Waals surface area contributed by atoms with Crippen LogP contribution in [0.5, 0.6) is 0 Å². The number of rotatable bonds is 6. The maximum atomic E-state index is 12.3. The monoisotopic (exact) mass is 270 g/mol. The van der Waals surface area contributed by atoms with Crippen molar-refractivity contribution in [2.75, 3.05) is 6.54 Å². The highest BCUT2D eigenvalue weighted by molar-refractivity contribution is 5.98. The minimum Gasteiger partial charge on any atom is -0.330 e. The molecule has 1 atom stereocenters. The second-order valence-electron chi connectivity index (χ2n) is 5.78. The van der Waals surface area contributed by atoms with Gasteiger partial charge in [0.15, 0.2) is 5.78 Å². The van der Waals surface area contributed by atoms with Crippen LogP contribution in [0.15, 0.2) is 36.5 Å². The summed E-state index contributed by atoms with van der Waals surface area (Å²) in [5.74, 6) is 0.958. The van der Waals surface area contributed by atoms with Gasteiger partial charge < -0.3 is 5.73 Å². The fourth-order valence-corrected chi connectivity index (χ4v) is 2.53. The molecule has 0 amide bonds. The van der Waals surface area contributed by atoms with Gasteiger partial charge in [0.1, 0.15) is 0 Å². The van der Waals surface area contributed by atoms with E-state index in [4.69, 9.17) is 5.73 Å². The number of hydrogen-bond acceptors (Lipinski definition) is 3. The number of carbonyl (C=O) groups is 1. The first kappa shape index (κ1) is 14.7. The van der Waals surface area contributed by atoms with Gasteiger partial charge in [0.05, 0.1) is 5.52 Å². The van der Waals surface area contributed by atoms with Crippen LogP contribution in [0, 0.1) is 11.8 Å². The fourth-order valence-electron chi connectivity index (χ4n) is 2.53. The SMILES string of the molecule is CC(C)CC(CN)CC(=O)c1cnc2ccccc2c1. The molecule has 0 aliphatic heterocycles. The third-order valence-corrected chi connectivity index (χ3v) is 3.52. The number of nitrogens with zero attached hydrogens (tertiary/aromatic N) is 1. The van der Waals surface area contributed by atoms with Crippen molar-refractivity contribution in [2.45, 2.75) is 26.7 Å². The third-order valence-electron chi connectivity index (χ3n) is 3.52. The lowest BCUT2D eigenvalue weighted by atomic mass is 9.91. The summed E-state index contributed by atoms with van der Waals surface area (Å²) >= 11 is 0. The molecule has 2 rings (SSSR count). The molecule has 2 aromatic rings. The first-order chi connectivity index (χ1) is 9.60. The van der Waals surface area contributed by atoms with Crippen LogP contribution < -0.4 is 5.73 Å². The molecule has 1 unspecified atom stereocenters. The number of pyridine rings is 1. The summed E-state index contributed by atoms with van der Waals surface area (Å²) < 4.78 is 0. The van der Waals surface area contributed by atoms with E-state index in [1.165, 1.54) is 0 Å². The smallest absolute Gasteiger partial charge is 0.164 e. The molecule has 0 aliphatic rings. The van der Waals surface area contributed by atoms with E-state index in [1.54, 1.807) is 6.20 Å². The number of nitrogens with two attached hydrogens (primary N) is 1. The number of Topliss-reactive ketones (excluding diaryl/α,β-unsaturated/α-hetero) is 1. The average molecular weight is 270 g/mol. The molecule has 1 heterocycles. The van der Waals surface area contributed by atoms with Crippen molar-refractivity contribution < 1.29 is 4.79 Å². The first-order valence-electron chi connectivity index (χ1n) is 7.18. The Balaban J connectivity index is 2.14. The van der Waals surface area contributed by atoms with Crippen molar-refractivity contribution in [3.8, 4) is 0 Å². The first-order valence-corrected chi connectivity index (χ1v) is 7.18. The highest BCUT2D eigenvalue weighted by Gasteiger charge is 2.16. The molecule has 3 nitrogen and oxygen atoms in total. The van der Waals surface area contributed by atoms with E-state index in [-0.39, 0.29) is 11.7 Å². The Morgan fingerprint density at radius 3 is 2.75 bits per heavy atom. The topological polar surface area (TPSA) is 56.0 Å². The number of aromatic nitrogens is 1. The van der Waals surface area contributed by atoms with Crippen LogP contribution in [0.4, 0.5) is 0 Å². The number of carbonyl (C=O) groups excluding carboxylic acids is 1. The van der Waals surface area contributed by atoms with Crippen molar-refractivity contribution in [1.82, 2.24) is 4.98 Å². The number of hydrogen-bond donors (Lipinski definition) is 1. The van der Waals surface area contributed by atoms with E-state index < -0.39 is 0 Å². The predicted molar refractivity (Wildman–Crippen MR) is 82.7 cm³/mol. The lowest BCUT2D eigenvalue weighted by Gasteiger charge is -2.16. The average Bonchev–Trinajstić information content (AvgIpc) is 2.45. The number of ketones is 1. The molecule has 0 saturated carbocycles. The standard InChI is InChI=1S/C17H22N2O/c1-12(2)7-13(10-18)8-17(20)15-9-14-5-3-4-6-16(14)19-11-15/h3-6,9,11-13H,7-8,10,18H2,1-2H3. The summed E-state index contributed by atoms with van der Waals surface area (Å²) in [6.07, 6.45) is 3.17. The zero-order valence-corrected chi connectivity index (χ0v) is 12.2. The fraction of sp³-hybridized carbons (Fsp3) is 0.412. The van der Waals surface area contributed by atoms with E-state index in [1.807, 2.05) is 30.3 Å². The number of benzene rings is 1. The quantitative estimate of drug-likeness (QED) is 0.818. The predicted octanol–water partition coefficient (Wildman–Crippen LogP) is 3.43. The Morgan fingerprint density at radius 1 is 1.30 bits per heavy atom. The van der Waals surface area contributed by atoms with Crippen LogP contribution in [-0.2, 0) is 0 Å². The molecule has 2 N–H and O–H groups in total. The molecule has 20 heavy (non-hydrogen) atoms. The molecular weight excluding hydrogens is 248 g/mol. The van der Waals surface area contributed by atoms with Crippen LogP contribution >= 0.6 is 0 Å². The van der Waals surface area contributed by atoms with Gasteiger partial charge >= 0.3 is 0 Å². The van der Waals surface area contributed by atoms with Gasteiger partial charge in [-0.3, -0.25) is 9.78 Å². The van der Waals surface area contributed by atoms with E-state index in [0.717, 1.165) is 17.3 Å². The molecule has 1 aromatic heterocycles. The Labute approximate surface area is 120 Å².